The second kappa shape index (κ2) is 9.94. The van der Waals surface area contributed by atoms with Crippen LogP contribution in [0.3, 0.4) is 0 Å². The standard InChI is InChI=1S/C20H30N2O5/c1-6-13(2)16(22-19(26)27-20(3,4)5)17(23)21-15(18(24)25)12-14-10-8-7-9-11-14/h7-11,13,15-16H,6,12H2,1-5H3,(H,21,23)(H,22,26)(H,24,25)/t13-,15-,16-/m0/s1. The smallest absolute Gasteiger partial charge is 0.408 e. The molecule has 2 amide bonds. The molecule has 150 valence electrons. The summed E-state index contributed by atoms with van der Waals surface area (Å²) in [4.78, 5) is 36.4. The predicted molar refractivity (Wildman–Crippen MR) is 102 cm³/mol. The van der Waals surface area contributed by atoms with Gasteiger partial charge in [0.05, 0.1) is 0 Å². The van der Waals surface area contributed by atoms with Crippen molar-refractivity contribution in [3.05, 3.63) is 35.9 Å². The van der Waals surface area contributed by atoms with Gasteiger partial charge in [-0.25, -0.2) is 9.59 Å². The van der Waals surface area contributed by atoms with Gasteiger partial charge in [-0.05, 0) is 32.3 Å². The minimum Gasteiger partial charge on any atom is -0.480 e. The van der Waals surface area contributed by atoms with Gasteiger partial charge in [-0.2, -0.15) is 0 Å². The Labute approximate surface area is 160 Å². The molecular formula is C20H30N2O5. The zero-order valence-electron chi connectivity index (χ0n) is 16.6. The molecule has 0 bridgehead atoms. The molecule has 27 heavy (non-hydrogen) atoms. The van der Waals surface area contributed by atoms with Gasteiger partial charge in [-0.15, -0.1) is 0 Å². The average Bonchev–Trinajstić information content (AvgIpc) is 2.57. The molecule has 3 atom stereocenters. The van der Waals surface area contributed by atoms with Crippen LogP contribution >= 0.6 is 0 Å². The van der Waals surface area contributed by atoms with Crippen LogP contribution in [0, 0.1) is 5.92 Å². The van der Waals surface area contributed by atoms with E-state index in [0.29, 0.717) is 6.42 Å². The number of amides is 2. The Hall–Kier alpha value is -2.57. The molecule has 1 aromatic rings. The van der Waals surface area contributed by atoms with Crippen LogP contribution < -0.4 is 10.6 Å². The van der Waals surface area contributed by atoms with Crippen molar-refractivity contribution in [1.29, 1.82) is 0 Å². The van der Waals surface area contributed by atoms with E-state index in [-0.39, 0.29) is 12.3 Å². The number of ether oxygens (including phenoxy) is 1. The first kappa shape index (κ1) is 22.5. The van der Waals surface area contributed by atoms with E-state index in [4.69, 9.17) is 4.74 Å². The lowest BCUT2D eigenvalue weighted by molar-refractivity contribution is -0.142. The molecule has 7 heteroatoms. The fourth-order valence-electron chi connectivity index (χ4n) is 2.45. The quantitative estimate of drug-likeness (QED) is 0.645. The minimum absolute atomic E-state index is 0.154. The lowest BCUT2D eigenvalue weighted by atomic mass is 9.97. The van der Waals surface area contributed by atoms with Crippen molar-refractivity contribution < 1.29 is 24.2 Å². The van der Waals surface area contributed by atoms with E-state index in [2.05, 4.69) is 10.6 Å². The lowest BCUT2D eigenvalue weighted by Crippen LogP contribution is -2.55. The number of carbonyl (C=O) groups excluding carboxylic acids is 2. The van der Waals surface area contributed by atoms with Crippen molar-refractivity contribution >= 4 is 18.0 Å². The van der Waals surface area contributed by atoms with Gasteiger partial charge in [-0.3, -0.25) is 4.79 Å². The molecule has 3 N–H and O–H groups in total. The highest BCUT2D eigenvalue weighted by molar-refractivity contribution is 5.89. The van der Waals surface area contributed by atoms with Crippen molar-refractivity contribution in [2.45, 2.75) is 65.1 Å². The van der Waals surface area contributed by atoms with Crippen LogP contribution in [-0.2, 0) is 20.7 Å². The highest BCUT2D eigenvalue weighted by Gasteiger charge is 2.31. The van der Waals surface area contributed by atoms with Crippen LogP contribution in [0.25, 0.3) is 0 Å². The summed E-state index contributed by atoms with van der Waals surface area (Å²) >= 11 is 0. The molecule has 0 saturated heterocycles. The van der Waals surface area contributed by atoms with E-state index < -0.39 is 35.7 Å². The molecule has 0 radical (unpaired) electrons. The largest absolute Gasteiger partial charge is 0.480 e. The van der Waals surface area contributed by atoms with Crippen molar-refractivity contribution in [3.63, 3.8) is 0 Å². The van der Waals surface area contributed by atoms with E-state index in [0.717, 1.165) is 5.56 Å². The maximum absolute atomic E-state index is 12.7. The summed E-state index contributed by atoms with van der Waals surface area (Å²) in [6, 6.07) is 7.07. The summed E-state index contributed by atoms with van der Waals surface area (Å²) in [5.41, 5.74) is 0.0997. The summed E-state index contributed by atoms with van der Waals surface area (Å²) in [5.74, 6) is -1.87. The fraction of sp³-hybridized carbons (Fsp3) is 0.550. The zero-order valence-corrected chi connectivity index (χ0v) is 16.6. The topological polar surface area (TPSA) is 105 Å². The summed E-state index contributed by atoms with van der Waals surface area (Å²) in [6.45, 7) is 8.89. The molecule has 0 aliphatic carbocycles. The summed E-state index contributed by atoms with van der Waals surface area (Å²) in [7, 11) is 0. The molecule has 0 aromatic heterocycles. The molecular weight excluding hydrogens is 348 g/mol. The van der Waals surface area contributed by atoms with Gasteiger partial charge in [0.25, 0.3) is 0 Å². The van der Waals surface area contributed by atoms with Crippen LogP contribution in [0.15, 0.2) is 30.3 Å². The molecule has 0 aliphatic rings. The summed E-state index contributed by atoms with van der Waals surface area (Å²) < 4.78 is 5.21. The Bertz CT molecular complexity index is 640. The highest BCUT2D eigenvalue weighted by atomic mass is 16.6. The Morgan fingerprint density at radius 3 is 2.19 bits per heavy atom. The third-order valence-corrected chi connectivity index (χ3v) is 4.06. The minimum atomic E-state index is -1.13. The van der Waals surface area contributed by atoms with Gasteiger partial charge in [-0.1, -0.05) is 50.6 Å². The maximum Gasteiger partial charge on any atom is 0.408 e. The normalized spacial score (nSPS) is 14.6. The molecule has 0 aliphatic heterocycles. The SMILES string of the molecule is CC[C@H](C)[C@H](NC(=O)OC(C)(C)C)C(=O)N[C@@H](Cc1ccccc1)C(=O)O. The number of hydrogen-bond acceptors (Lipinski definition) is 4. The van der Waals surface area contributed by atoms with Gasteiger partial charge in [0, 0.05) is 6.42 Å². The van der Waals surface area contributed by atoms with Crippen LogP contribution in [-0.4, -0.2) is 40.8 Å². The number of benzene rings is 1. The van der Waals surface area contributed by atoms with Crippen LogP contribution in [0.5, 0.6) is 0 Å². The second-order valence-corrected chi connectivity index (χ2v) is 7.60. The number of carboxylic acid groups (broad SMARTS) is 1. The summed E-state index contributed by atoms with van der Waals surface area (Å²) in [6.07, 6.45) is 0.0733. The first-order valence-corrected chi connectivity index (χ1v) is 9.10. The van der Waals surface area contributed by atoms with Crippen LogP contribution in [0.2, 0.25) is 0 Å². The molecule has 0 heterocycles. The Morgan fingerprint density at radius 1 is 1.11 bits per heavy atom. The number of aliphatic carboxylic acids is 1. The van der Waals surface area contributed by atoms with Crippen molar-refractivity contribution in [3.8, 4) is 0 Å². The highest BCUT2D eigenvalue weighted by Crippen LogP contribution is 2.12. The van der Waals surface area contributed by atoms with Gasteiger partial charge in [0.2, 0.25) is 5.91 Å². The first-order chi connectivity index (χ1) is 12.5. The number of hydrogen-bond donors (Lipinski definition) is 3. The third kappa shape index (κ3) is 8.11. The number of alkyl carbamates (subject to hydrolysis) is 1. The molecule has 0 unspecified atom stereocenters. The molecule has 1 aromatic carbocycles. The predicted octanol–water partition coefficient (Wildman–Crippen LogP) is 2.74. The van der Waals surface area contributed by atoms with Crippen LogP contribution in [0.1, 0.15) is 46.6 Å². The molecule has 1 rings (SSSR count). The number of nitrogens with one attached hydrogen (secondary N) is 2. The Balaban J connectivity index is 2.86. The number of carboxylic acids is 1. The third-order valence-electron chi connectivity index (χ3n) is 4.06. The molecule has 0 spiro atoms. The van der Waals surface area contributed by atoms with Crippen LogP contribution in [0.4, 0.5) is 4.79 Å². The van der Waals surface area contributed by atoms with Gasteiger partial charge >= 0.3 is 12.1 Å². The van der Waals surface area contributed by atoms with Gasteiger partial charge in [0.15, 0.2) is 0 Å². The Kier molecular flexibility index (Phi) is 8.28. The van der Waals surface area contributed by atoms with E-state index >= 15 is 0 Å². The lowest BCUT2D eigenvalue weighted by Gasteiger charge is -2.27. The number of carbonyl (C=O) groups is 3. The Morgan fingerprint density at radius 2 is 1.70 bits per heavy atom. The average molecular weight is 378 g/mol. The van der Waals surface area contributed by atoms with E-state index in [1.165, 1.54) is 0 Å². The monoisotopic (exact) mass is 378 g/mol. The number of rotatable bonds is 8. The van der Waals surface area contributed by atoms with Crippen molar-refractivity contribution in [2.24, 2.45) is 5.92 Å². The van der Waals surface area contributed by atoms with E-state index in [9.17, 15) is 19.5 Å². The van der Waals surface area contributed by atoms with E-state index in [1.807, 2.05) is 32.0 Å². The maximum atomic E-state index is 12.7. The molecule has 0 saturated carbocycles. The van der Waals surface area contributed by atoms with Gasteiger partial charge in [0.1, 0.15) is 17.7 Å². The van der Waals surface area contributed by atoms with Gasteiger partial charge < -0.3 is 20.5 Å². The first-order valence-electron chi connectivity index (χ1n) is 9.10. The van der Waals surface area contributed by atoms with Crippen molar-refractivity contribution in [2.75, 3.05) is 0 Å². The van der Waals surface area contributed by atoms with E-state index in [1.54, 1.807) is 32.9 Å². The molecule has 7 nitrogen and oxygen atoms in total. The molecule has 0 fully saturated rings. The fourth-order valence-corrected chi connectivity index (χ4v) is 2.45. The second-order valence-electron chi connectivity index (χ2n) is 7.60. The van der Waals surface area contributed by atoms with Crippen molar-refractivity contribution in [1.82, 2.24) is 10.6 Å². The summed E-state index contributed by atoms with van der Waals surface area (Å²) in [5, 5.41) is 14.6. The zero-order chi connectivity index (χ0) is 20.6.